The van der Waals surface area contributed by atoms with Crippen molar-refractivity contribution in [3.05, 3.63) is 34.3 Å². The quantitative estimate of drug-likeness (QED) is 0.580. The van der Waals surface area contributed by atoms with E-state index in [9.17, 15) is 8.42 Å². The fourth-order valence-electron chi connectivity index (χ4n) is 5.27. The van der Waals surface area contributed by atoms with Crippen LogP contribution in [0.15, 0.2) is 21.7 Å². The van der Waals surface area contributed by atoms with Crippen LogP contribution >= 0.6 is 11.6 Å². The summed E-state index contributed by atoms with van der Waals surface area (Å²) >= 11 is 6.11. The molecule has 10 heteroatoms. The minimum atomic E-state index is -3.88. The number of nitrogens with one attached hydrogen (secondary N) is 2. The van der Waals surface area contributed by atoms with Crippen molar-refractivity contribution in [1.29, 1.82) is 0 Å². The molecule has 2 fully saturated rings. The lowest BCUT2D eigenvalue weighted by molar-refractivity contribution is -0.0168. The molecule has 174 valence electrons. The van der Waals surface area contributed by atoms with Gasteiger partial charge in [0.1, 0.15) is 22.2 Å². The Morgan fingerprint density at radius 3 is 2.81 bits per heavy atom. The second-order valence-corrected chi connectivity index (χ2v) is 11.9. The highest BCUT2D eigenvalue weighted by Gasteiger charge is 2.53. The van der Waals surface area contributed by atoms with Gasteiger partial charge in [-0.3, -0.25) is 0 Å². The summed E-state index contributed by atoms with van der Waals surface area (Å²) < 4.78 is 40.6. The first kappa shape index (κ1) is 22.1. The molecule has 32 heavy (non-hydrogen) atoms. The maximum Gasteiger partial charge on any atom is 0.244 e. The number of rotatable bonds is 7. The maximum absolute atomic E-state index is 13.2. The molecule has 2 aromatic rings. The molecule has 2 bridgehead atoms. The van der Waals surface area contributed by atoms with Crippen LogP contribution in [-0.4, -0.2) is 37.3 Å². The molecule has 0 amide bonds. The van der Waals surface area contributed by atoms with Crippen LogP contribution in [0.25, 0.3) is 0 Å². The molecule has 8 nitrogen and oxygen atoms in total. The van der Waals surface area contributed by atoms with Crippen molar-refractivity contribution in [3.63, 3.8) is 0 Å². The molecule has 2 atom stereocenters. The number of ether oxygens (including phenoxy) is 1. The van der Waals surface area contributed by atoms with Crippen LogP contribution in [0.3, 0.4) is 0 Å². The number of hydrogen-bond acceptors (Lipinski definition) is 7. The zero-order valence-electron chi connectivity index (χ0n) is 18.2. The summed E-state index contributed by atoms with van der Waals surface area (Å²) in [5.41, 5.74) is 1.65. The highest BCUT2D eigenvalue weighted by molar-refractivity contribution is 7.89. The third kappa shape index (κ3) is 4.27. The number of nitrogens with zero attached hydrogens (tertiary/aromatic N) is 2. The van der Waals surface area contributed by atoms with Crippen LogP contribution in [0.5, 0.6) is 0 Å². The molecule has 2 N–H and O–H groups in total. The van der Waals surface area contributed by atoms with Crippen molar-refractivity contribution >= 4 is 27.4 Å². The van der Waals surface area contributed by atoms with E-state index in [0.717, 1.165) is 69.3 Å². The molecule has 3 aliphatic rings. The van der Waals surface area contributed by atoms with Crippen molar-refractivity contribution in [2.24, 2.45) is 5.41 Å². The number of fused-ring (bicyclic) bond motifs is 3. The third-order valence-electron chi connectivity index (χ3n) is 7.06. The summed E-state index contributed by atoms with van der Waals surface area (Å²) in [6, 6.07) is 1.43. The molecule has 0 spiro atoms. The summed E-state index contributed by atoms with van der Waals surface area (Å²) in [6.45, 7) is 3.57. The average molecular weight is 481 g/mol. The van der Waals surface area contributed by atoms with Crippen molar-refractivity contribution in [2.75, 3.05) is 18.5 Å². The SMILES string of the molecule is CC12CCC(CNc3ncc(Cl)cc3S(=O)(=O)NCc3noc4c3CCCCC4)(C1)OC2. The predicted octanol–water partition coefficient (Wildman–Crippen LogP) is 3.84. The van der Waals surface area contributed by atoms with Gasteiger partial charge in [-0.15, -0.1) is 0 Å². The van der Waals surface area contributed by atoms with Gasteiger partial charge in [-0.2, -0.15) is 0 Å². The van der Waals surface area contributed by atoms with Gasteiger partial charge in [0.15, 0.2) is 0 Å². The highest BCUT2D eigenvalue weighted by atomic mass is 35.5. The first-order valence-corrected chi connectivity index (χ1v) is 13.1. The Hall–Kier alpha value is -1.68. The van der Waals surface area contributed by atoms with E-state index < -0.39 is 10.0 Å². The molecule has 2 unspecified atom stereocenters. The Kier molecular flexibility index (Phi) is 5.72. The number of aryl methyl sites for hydroxylation is 1. The lowest BCUT2D eigenvalue weighted by Crippen LogP contribution is -2.36. The van der Waals surface area contributed by atoms with E-state index in [2.05, 4.69) is 27.1 Å². The van der Waals surface area contributed by atoms with Gasteiger partial charge in [-0.1, -0.05) is 30.1 Å². The van der Waals surface area contributed by atoms with Crippen LogP contribution in [0, 0.1) is 5.41 Å². The molecular formula is C22H29ClN4O4S. The van der Waals surface area contributed by atoms with Crippen molar-refractivity contribution < 1.29 is 17.7 Å². The Bertz CT molecular complexity index is 1110. The van der Waals surface area contributed by atoms with E-state index in [0.29, 0.717) is 12.2 Å². The van der Waals surface area contributed by atoms with E-state index >= 15 is 0 Å². The topological polar surface area (TPSA) is 106 Å². The van der Waals surface area contributed by atoms with Gasteiger partial charge in [-0.05, 0) is 50.0 Å². The van der Waals surface area contributed by atoms with Crippen LogP contribution < -0.4 is 10.0 Å². The minimum absolute atomic E-state index is 0.0229. The highest BCUT2D eigenvalue weighted by Crippen LogP contribution is 2.52. The second-order valence-electron chi connectivity index (χ2n) is 9.73. The van der Waals surface area contributed by atoms with Crippen LogP contribution in [0.2, 0.25) is 5.02 Å². The Balaban J connectivity index is 1.32. The van der Waals surface area contributed by atoms with Gasteiger partial charge >= 0.3 is 0 Å². The standard InChI is InChI=1S/C22H29ClN4O4S/c1-21-7-8-22(12-21,30-14-21)13-25-20-19(9-15(23)10-24-20)32(28,29)26-11-17-16-5-3-2-4-6-18(16)31-27-17/h9-10,26H,2-8,11-14H2,1H3,(H,24,25). The fraction of sp³-hybridized carbons (Fsp3) is 0.636. The van der Waals surface area contributed by atoms with Crippen LogP contribution in [0.4, 0.5) is 5.82 Å². The zero-order valence-corrected chi connectivity index (χ0v) is 19.8. The van der Waals surface area contributed by atoms with Gasteiger partial charge < -0.3 is 14.6 Å². The third-order valence-corrected chi connectivity index (χ3v) is 8.68. The van der Waals surface area contributed by atoms with Gasteiger partial charge in [0.2, 0.25) is 10.0 Å². The fourth-order valence-corrected chi connectivity index (χ4v) is 6.64. The molecule has 0 radical (unpaired) electrons. The number of halogens is 1. The van der Waals surface area contributed by atoms with Crippen molar-refractivity contribution in [3.8, 4) is 0 Å². The smallest absolute Gasteiger partial charge is 0.244 e. The monoisotopic (exact) mass is 480 g/mol. The van der Waals surface area contributed by atoms with Gasteiger partial charge in [-0.25, -0.2) is 18.1 Å². The van der Waals surface area contributed by atoms with E-state index in [1.807, 2.05) is 0 Å². The van der Waals surface area contributed by atoms with Crippen LogP contribution in [-0.2, 0) is 34.1 Å². The minimum Gasteiger partial charge on any atom is -0.373 e. The molecular weight excluding hydrogens is 452 g/mol. The Morgan fingerprint density at radius 1 is 1.22 bits per heavy atom. The molecule has 3 heterocycles. The van der Waals surface area contributed by atoms with Gasteiger partial charge in [0.25, 0.3) is 0 Å². The average Bonchev–Trinajstić information content (AvgIpc) is 3.36. The normalized spacial score (nSPS) is 27.3. The van der Waals surface area contributed by atoms with Gasteiger partial charge in [0.05, 0.1) is 23.8 Å². The summed E-state index contributed by atoms with van der Waals surface area (Å²) in [5, 5.41) is 7.61. The summed E-state index contributed by atoms with van der Waals surface area (Å²) in [6.07, 6.45) is 9.49. The number of sulfonamides is 1. The number of hydrogen-bond donors (Lipinski definition) is 2. The van der Waals surface area contributed by atoms with E-state index in [-0.39, 0.29) is 33.3 Å². The number of aromatic nitrogens is 2. The van der Waals surface area contributed by atoms with Gasteiger partial charge in [0, 0.05) is 24.7 Å². The van der Waals surface area contributed by atoms with Crippen LogP contribution in [0.1, 0.15) is 62.5 Å². The molecule has 2 aliphatic carbocycles. The Morgan fingerprint density at radius 2 is 2.06 bits per heavy atom. The maximum atomic E-state index is 13.2. The molecule has 1 aliphatic heterocycles. The lowest BCUT2D eigenvalue weighted by Gasteiger charge is -2.28. The summed E-state index contributed by atoms with van der Waals surface area (Å²) in [4.78, 5) is 4.30. The summed E-state index contributed by atoms with van der Waals surface area (Å²) in [5.74, 6) is 1.15. The van der Waals surface area contributed by atoms with E-state index in [4.69, 9.17) is 20.9 Å². The Labute approximate surface area is 193 Å². The molecule has 0 aromatic carbocycles. The predicted molar refractivity (Wildman–Crippen MR) is 120 cm³/mol. The molecule has 2 aromatic heterocycles. The first-order chi connectivity index (χ1) is 15.3. The van der Waals surface area contributed by atoms with Crippen molar-refractivity contribution in [1.82, 2.24) is 14.9 Å². The first-order valence-electron chi connectivity index (χ1n) is 11.3. The number of pyridine rings is 1. The lowest BCUT2D eigenvalue weighted by atomic mass is 9.90. The van der Waals surface area contributed by atoms with E-state index in [1.54, 1.807) is 0 Å². The molecule has 1 saturated carbocycles. The summed E-state index contributed by atoms with van der Waals surface area (Å²) in [7, 11) is -3.88. The second kappa shape index (κ2) is 8.27. The largest absolute Gasteiger partial charge is 0.373 e. The molecule has 1 saturated heterocycles. The molecule has 5 rings (SSSR count). The number of anilines is 1. The van der Waals surface area contributed by atoms with E-state index in [1.165, 1.54) is 12.3 Å². The van der Waals surface area contributed by atoms with Crippen molar-refractivity contribution in [2.45, 2.75) is 75.3 Å². The zero-order chi connectivity index (χ0) is 22.4.